The minimum atomic E-state index is -1.85. The Morgan fingerprint density at radius 3 is 2.34 bits per heavy atom. The maximum Gasteiger partial charge on any atom is 0.218 e. The fourth-order valence-corrected chi connectivity index (χ4v) is 10.9. The summed E-state index contributed by atoms with van der Waals surface area (Å²) >= 11 is 0. The highest BCUT2D eigenvalue weighted by molar-refractivity contribution is 6.84. The lowest BCUT2D eigenvalue weighted by atomic mass is 9.45. The van der Waals surface area contributed by atoms with Gasteiger partial charge in [0.2, 0.25) is 8.32 Å². The van der Waals surface area contributed by atoms with E-state index >= 15 is 0 Å². The molecule has 1 nitrogen and oxygen atoms in total. The van der Waals surface area contributed by atoms with Crippen LogP contribution in [0.15, 0.2) is 30.3 Å². The Morgan fingerprint density at radius 1 is 0.793 bits per heavy atom. The van der Waals surface area contributed by atoms with Gasteiger partial charge in [0.05, 0.1) is 6.10 Å². The van der Waals surface area contributed by atoms with Crippen molar-refractivity contribution in [2.75, 3.05) is 0 Å². The first kappa shape index (κ1) is 20.3. The normalized spacial score (nSPS) is 44.6. The van der Waals surface area contributed by atoms with Crippen molar-refractivity contribution in [1.82, 2.24) is 0 Å². The molecule has 0 aliphatic heterocycles. The quantitative estimate of drug-likeness (QED) is 0.492. The van der Waals surface area contributed by atoms with Crippen molar-refractivity contribution in [1.29, 1.82) is 0 Å². The Hall–Kier alpha value is -0.603. The highest BCUT2D eigenvalue weighted by atomic mass is 28.4. The topological polar surface area (TPSA) is 9.23 Å². The SMILES string of the molecule is C[C@]12CCCC[C@@H]1CC[C@@H]1[C@@H]2CC[C@]2(C)[C@@H](O[Si](C)(C)c3ccccc3)CC[C@@H]12. The van der Waals surface area contributed by atoms with Gasteiger partial charge in [0.1, 0.15) is 0 Å². The summed E-state index contributed by atoms with van der Waals surface area (Å²) in [5.74, 6) is 3.91. The zero-order valence-electron chi connectivity index (χ0n) is 19.3. The van der Waals surface area contributed by atoms with Crippen molar-refractivity contribution in [2.45, 2.75) is 97.3 Å². The number of benzene rings is 1. The number of hydrogen-bond acceptors (Lipinski definition) is 1. The molecule has 0 radical (unpaired) electrons. The fraction of sp³-hybridized carbons (Fsp3) is 0.778. The van der Waals surface area contributed by atoms with Gasteiger partial charge in [-0.1, -0.05) is 57.0 Å². The van der Waals surface area contributed by atoms with Crippen LogP contribution >= 0.6 is 0 Å². The zero-order valence-corrected chi connectivity index (χ0v) is 20.3. The summed E-state index contributed by atoms with van der Waals surface area (Å²) in [6, 6.07) is 11.1. The number of fused-ring (bicyclic) bond motifs is 5. The molecule has 4 aliphatic carbocycles. The van der Waals surface area contributed by atoms with Crippen molar-refractivity contribution >= 4 is 13.5 Å². The Bertz CT molecular complexity index is 729. The minimum Gasteiger partial charge on any atom is -0.409 e. The molecule has 29 heavy (non-hydrogen) atoms. The van der Waals surface area contributed by atoms with E-state index in [1.807, 2.05) is 0 Å². The average Bonchev–Trinajstić information content (AvgIpc) is 3.04. The summed E-state index contributed by atoms with van der Waals surface area (Å²) in [5, 5.41) is 1.45. The van der Waals surface area contributed by atoms with Gasteiger partial charge >= 0.3 is 0 Å². The Labute approximate surface area is 180 Å². The molecule has 0 spiro atoms. The van der Waals surface area contributed by atoms with E-state index in [0.29, 0.717) is 16.9 Å². The van der Waals surface area contributed by atoms with Gasteiger partial charge in [-0.15, -0.1) is 0 Å². The van der Waals surface area contributed by atoms with E-state index in [1.54, 1.807) is 0 Å². The van der Waals surface area contributed by atoms with Gasteiger partial charge in [-0.05, 0) is 104 Å². The van der Waals surface area contributed by atoms with Gasteiger partial charge in [0, 0.05) is 0 Å². The fourth-order valence-electron chi connectivity index (χ4n) is 8.70. The first-order valence-electron chi connectivity index (χ1n) is 12.6. The standard InChI is InChI=1S/C27H42OSi/c1-26-18-9-8-10-20(26)13-14-22-23-15-16-25(27(23,2)19-17-24(22)26)28-29(3,4)21-11-6-5-7-12-21/h5-7,11-12,20,22-25H,8-10,13-19H2,1-4H3/t20-,22+,23+,24+,25+,26+,27+/m1/s1. The third kappa shape index (κ3) is 3.19. The summed E-state index contributed by atoms with van der Waals surface area (Å²) in [4.78, 5) is 0. The van der Waals surface area contributed by atoms with Gasteiger partial charge < -0.3 is 4.43 Å². The molecule has 160 valence electrons. The molecule has 0 amide bonds. The average molecular weight is 411 g/mol. The molecule has 5 rings (SSSR count). The first-order valence-corrected chi connectivity index (χ1v) is 15.5. The summed E-state index contributed by atoms with van der Waals surface area (Å²) in [6.45, 7) is 10.2. The van der Waals surface area contributed by atoms with Crippen LogP contribution < -0.4 is 5.19 Å². The van der Waals surface area contributed by atoms with Gasteiger partial charge in [-0.3, -0.25) is 0 Å². The summed E-state index contributed by atoms with van der Waals surface area (Å²) < 4.78 is 7.11. The lowest BCUT2D eigenvalue weighted by Crippen LogP contribution is -2.55. The maximum atomic E-state index is 7.11. The van der Waals surface area contributed by atoms with Crippen LogP contribution in [0.25, 0.3) is 0 Å². The maximum absolute atomic E-state index is 7.11. The van der Waals surface area contributed by atoms with E-state index in [1.165, 1.54) is 69.4 Å². The molecule has 0 N–H and O–H groups in total. The van der Waals surface area contributed by atoms with Crippen LogP contribution in [-0.2, 0) is 4.43 Å². The van der Waals surface area contributed by atoms with Gasteiger partial charge in [0.15, 0.2) is 0 Å². The molecule has 4 aliphatic rings. The van der Waals surface area contributed by atoms with Crippen molar-refractivity contribution < 1.29 is 4.43 Å². The van der Waals surface area contributed by atoms with Crippen LogP contribution in [-0.4, -0.2) is 14.4 Å². The number of hydrogen-bond donors (Lipinski definition) is 0. The van der Waals surface area contributed by atoms with E-state index in [4.69, 9.17) is 4.43 Å². The van der Waals surface area contributed by atoms with Crippen molar-refractivity contribution in [2.24, 2.45) is 34.5 Å². The third-order valence-electron chi connectivity index (χ3n) is 10.4. The first-order chi connectivity index (χ1) is 13.8. The molecule has 2 heteroatoms. The zero-order chi connectivity index (χ0) is 20.3. The number of rotatable bonds is 3. The van der Waals surface area contributed by atoms with E-state index in [0.717, 1.165) is 23.7 Å². The molecule has 1 aromatic rings. The second-order valence-electron chi connectivity index (χ2n) is 12.0. The van der Waals surface area contributed by atoms with E-state index in [2.05, 4.69) is 57.3 Å². The minimum absolute atomic E-state index is 0.415. The van der Waals surface area contributed by atoms with Gasteiger partial charge in [-0.25, -0.2) is 0 Å². The molecule has 0 heterocycles. The second-order valence-corrected chi connectivity index (χ2v) is 15.8. The summed E-state index contributed by atoms with van der Waals surface area (Å²) in [5.41, 5.74) is 1.07. The third-order valence-corrected chi connectivity index (χ3v) is 13.0. The van der Waals surface area contributed by atoms with Gasteiger partial charge in [-0.2, -0.15) is 0 Å². The molecular weight excluding hydrogens is 368 g/mol. The lowest BCUT2D eigenvalue weighted by Gasteiger charge is -2.60. The highest BCUT2D eigenvalue weighted by Gasteiger charge is 2.60. The van der Waals surface area contributed by atoms with E-state index in [9.17, 15) is 0 Å². The molecule has 0 bridgehead atoms. The van der Waals surface area contributed by atoms with Crippen LogP contribution in [0.1, 0.15) is 78.1 Å². The Balaban J connectivity index is 1.36. The van der Waals surface area contributed by atoms with Crippen LogP contribution in [0.4, 0.5) is 0 Å². The molecule has 4 fully saturated rings. The van der Waals surface area contributed by atoms with E-state index < -0.39 is 8.32 Å². The van der Waals surface area contributed by atoms with Crippen LogP contribution in [0.5, 0.6) is 0 Å². The second kappa shape index (κ2) is 7.23. The van der Waals surface area contributed by atoms with Crippen molar-refractivity contribution in [3.63, 3.8) is 0 Å². The van der Waals surface area contributed by atoms with E-state index in [-0.39, 0.29) is 0 Å². The molecule has 0 aromatic heterocycles. The lowest BCUT2D eigenvalue weighted by molar-refractivity contribution is -0.118. The summed E-state index contributed by atoms with van der Waals surface area (Å²) in [6.07, 6.45) is 15.1. The molecule has 0 saturated heterocycles. The Morgan fingerprint density at radius 2 is 1.55 bits per heavy atom. The van der Waals surface area contributed by atoms with Crippen LogP contribution in [0, 0.1) is 34.5 Å². The highest BCUT2D eigenvalue weighted by Crippen LogP contribution is 2.66. The monoisotopic (exact) mass is 410 g/mol. The smallest absolute Gasteiger partial charge is 0.218 e. The molecule has 0 unspecified atom stereocenters. The molecule has 1 aromatic carbocycles. The van der Waals surface area contributed by atoms with Crippen LogP contribution in [0.2, 0.25) is 13.1 Å². The van der Waals surface area contributed by atoms with Gasteiger partial charge in [0.25, 0.3) is 0 Å². The largest absolute Gasteiger partial charge is 0.409 e. The predicted octanol–water partition coefficient (Wildman–Crippen LogP) is 6.92. The van der Waals surface area contributed by atoms with Crippen LogP contribution in [0.3, 0.4) is 0 Å². The predicted molar refractivity (Wildman–Crippen MR) is 125 cm³/mol. The van der Waals surface area contributed by atoms with Crippen molar-refractivity contribution in [3.05, 3.63) is 30.3 Å². The van der Waals surface area contributed by atoms with Crippen molar-refractivity contribution in [3.8, 4) is 0 Å². The molecule has 7 atom stereocenters. The Kier molecular flexibility index (Phi) is 5.06. The summed E-state index contributed by atoms with van der Waals surface area (Å²) in [7, 11) is -1.85. The molecule has 4 saturated carbocycles. The molecular formula is C27H42OSi.